The standard InChI is InChI=1S/C94H64N8/c1-7-34-68(35-8-1)97(69-36-9-2-10-37-69)88-58-28-52-80-77-49-19-22-55-85(77)100(91(80)88)74-46-25-31-65(61-74)83-64-84(66-32-26-47-75(62-66)101-86-56-23-20-50-78(86)81-53-29-59-89(92(81)101)98(70-38-11-3-12-39-70)71-40-13-4-14-41-71)96-94(95-83)67-33-27-48-76(63-67)102-87-57-24-21-51-79(87)82-54-30-60-90(93(82)102)99(72-42-15-5-16-43-72)73-44-17-6-18-45-73/h1-64H. The molecular weight excluding hydrogens is 1240 g/mol. The lowest BCUT2D eigenvalue weighted by molar-refractivity contribution is 1.14. The maximum Gasteiger partial charge on any atom is 0.160 e. The summed E-state index contributed by atoms with van der Waals surface area (Å²) in [5.74, 6) is 0.595. The van der Waals surface area contributed by atoms with Gasteiger partial charge in [-0.05, 0) is 152 Å². The third-order valence-electron chi connectivity index (χ3n) is 19.7. The molecule has 0 atom stereocenters. The molecule has 8 nitrogen and oxygen atoms in total. The van der Waals surface area contributed by atoms with Crippen molar-refractivity contribution in [3.05, 3.63) is 388 Å². The molecule has 0 saturated heterocycles. The van der Waals surface area contributed by atoms with Crippen LogP contribution >= 0.6 is 0 Å². The number of fused-ring (bicyclic) bond motifs is 9. The minimum absolute atomic E-state index is 0.595. The predicted octanol–water partition coefficient (Wildman–Crippen LogP) is 25.2. The van der Waals surface area contributed by atoms with E-state index in [1.54, 1.807) is 0 Å². The summed E-state index contributed by atoms with van der Waals surface area (Å²) in [6, 6.07) is 139. The van der Waals surface area contributed by atoms with Crippen molar-refractivity contribution in [1.29, 1.82) is 0 Å². The average Bonchev–Trinajstić information content (AvgIpc) is 1.58. The quantitative estimate of drug-likeness (QED) is 0.102. The summed E-state index contributed by atoms with van der Waals surface area (Å²) < 4.78 is 7.30. The van der Waals surface area contributed by atoms with Crippen LogP contribution in [0.3, 0.4) is 0 Å². The molecule has 8 heteroatoms. The number of rotatable bonds is 15. The number of anilines is 9. The fraction of sp³-hybridized carbons (Fsp3) is 0. The summed E-state index contributed by atoms with van der Waals surface area (Å²) >= 11 is 0. The van der Waals surface area contributed by atoms with Crippen LogP contribution in [0.1, 0.15) is 0 Å². The first-order valence-electron chi connectivity index (χ1n) is 34.6. The zero-order valence-electron chi connectivity index (χ0n) is 55.5. The SMILES string of the molecule is c1ccc(N(c2ccccc2)c2cccc3c4ccccc4n(-c4cccc(-c5cc(-c6cccc(-n7c8ccccc8c8cccc(N(c9ccccc9)c9ccccc9)c87)c6)nc(-c6cccc(-n7c8ccccc8c8cccc(N(c9ccccc9)c9ccccc9)c87)c6)n5)c4)c23)cc1. The maximum atomic E-state index is 5.73. The van der Waals surface area contributed by atoms with Crippen LogP contribution in [0.4, 0.5) is 51.2 Å². The second-order valence-electron chi connectivity index (χ2n) is 25.7. The summed E-state index contributed by atoms with van der Waals surface area (Å²) in [6.45, 7) is 0. The van der Waals surface area contributed by atoms with E-state index >= 15 is 0 Å². The molecule has 4 aromatic heterocycles. The molecule has 0 bridgehead atoms. The molecule has 480 valence electrons. The van der Waals surface area contributed by atoms with Gasteiger partial charge in [-0.15, -0.1) is 0 Å². The summed E-state index contributed by atoms with van der Waals surface area (Å²) in [6.07, 6.45) is 0. The van der Waals surface area contributed by atoms with Crippen molar-refractivity contribution < 1.29 is 0 Å². The average molecular weight is 1310 g/mol. The molecule has 15 aromatic carbocycles. The Kier molecular flexibility index (Phi) is 14.7. The molecule has 0 saturated carbocycles. The molecule has 0 radical (unpaired) electrons. The molecule has 0 aliphatic heterocycles. The molecule has 0 spiro atoms. The van der Waals surface area contributed by atoms with Crippen molar-refractivity contribution in [3.63, 3.8) is 0 Å². The second-order valence-corrected chi connectivity index (χ2v) is 25.7. The normalized spacial score (nSPS) is 11.5. The van der Waals surface area contributed by atoms with E-state index in [0.29, 0.717) is 5.82 Å². The number of aromatic nitrogens is 5. The van der Waals surface area contributed by atoms with Gasteiger partial charge in [0.25, 0.3) is 0 Å². The van der Waals surface area contributed by atoms with Gasteiger partial charge in [0.2, 0.25) is 0 Å². The van der Waals surface area contributed by atoms with E-state index in [4.69, 9.17) is 9.97 Å². The molecule has 102 heavy (non-hydrogen) atoms. The van der Waals surface area contributed by atoms with Gasteiger partial charge >= 0.3 is 0 Å². The van der Waals surface area contributed by atoms with Gasteiger partial charge in [0.15, 0.2) is 5.82 Å². The second kappa shape index (κ2) is 25.2. The monoisotopic (exact) mass is 1300 g/mol. The van der Waals surface area contributed by atoms with E-state index in [0.717, 1.165) is 151 Å². The Labute approximate surface area is 590 Å². The molecule has 0 aliphatic carbocycles. The summed E-state index contributed by atoms with van der Waals surface area (Å²) in [4.78, 5) is 18.6. The molecule has 0 aliphatic rings. The highest BCUT2D eigenvalue weighted by Gasteiger charge is 2.27. The van der Waals surface area contributed by atoms with E-state index in [1.165, 1.54) is 10.8 Å². The van der Waals surface area contributed by atoms with Crippen LogP contribution in [-0.2, 0) is 0 Å². The van der Waals surface area contributed by atoms with Crippen molar-refractivity contribution in [3.8, 4) is 51.0 Å². The lowest BCUT2D eigenvalue weighted by atomic mass is 10.0. The van der Waals surface area contributed by atoms with E-state index in [-0.39, 0.29) is 0 Å². The minimum atomic E-state index is 0.595. The Hall–Kier alpha value is -13.8. The minimum Gasteiger partial charge on any atom is -0.308 e. The van der Waals surface area contributed by atoms with Gasteiger partial charge in [-0.1, -0.05) is 237 Å². The largest absolute Gasteiger partial charge is 0.308 e. The third kappa shape index (κ3) is 10.2. The van der Waals surface area contributed by atoms with Gasteiger partial charge in [-0.25, -0.2) is 9.97 Å². The number of nitrogens with zero attached hydrogens (tertiary/aromatic N) is 8. The molecule has 0 amide bonds. The van der Waals surface area contributed by atoms with Crippen molar-refractivity contribution in [1.82, 2.24) is 23.7 Å². The first kappa shape index (κ1) is 59.4. The van der Waals surface area contributed by atoms with Crippen LogP contribution in [-0.4, -0.2) is 23.7 Å². The fourth-order valence-electron chi connectivity index (χ4n) is 15.4. The highest BCUT2D eigenvalue weighted by Crippen LogP contribution is 2.48. The van der Waals surface area contributed by atoms with Crippen LogP contribution in [0.5, 0.6) is 0 Å². The predicted molar refractivity (Wildman–Crippen MR) is 425 cm³/mol. The van der Waals surface area contributed by atoms with Crippen molar-refractivity contribution in [2.45, 2.75) is 0 Å². The van der Waals surface area contributed by atoms with E-state index in [2.05, 4.69) is 417 Å². The zero-order valence-corrected chi connectivity index (χ0v) is 55.5. The van der Waals surface area contributed by atoms with Crippen molar-refractivity contribution >= 4 is 117 Å². The van der Waals surface area contributed by atoms with Gasteiger partial charge in [-0.3, -0.25) is 0 Å². The number of hydrogen-bond acceptors (Lipinski definition) is 5. The molecular formula is C94H64N8. The Bertz CT molecular complexity index is 5580. The van der Waals surface area contributed by atoms with Gasteiger partial charge in [0, 0.05) is 100 Å². The number of hydrogen-bond donors (Lipinski definition) is 0. The Morgan fingerprint density at radius 3 is 0.745 bits per heavy atom. The lowest BCUT2D eigenvalue weighted by Crippen LogP contribution is -2.11. The molecule has 4 heterocycles. The lowest BCUT2D eigenvalue weighted by Gasteiger charge is -2.27. The zero-order chi connectivity index (χ0) is 67.5. The summed E-state index contributed by atoms with van der Waals surface area (Å²) in [7, 11) is 0. The number of benzene rings is 15. The van der Waals surface area contributed by atoms with Crippen LogP contribution in [0.2, 0.25) is 0 Å². The van der Waals surface area contributed by atoms with Gasteiger partial charge in [-0.2, -0.15) is 0 Å². The van der Waals surface area contributed by atoms with Crippen molar-refractivity contribution in [2.75, 3.05) is 14.7 Å². The molecule has 0 unspecified atom stereocenters. The van der Waals surface area contributed by atoms with Crippen LogP contribution < -0.4 is 14.7 Å². The van der Waals surface area contributed by atoms with Gasteiger partial charge in [0.1, 0.15) is 0 Å². The smallest absolute Gasteiger partial charge is 0.160 e. The van der Waals surface area contributed by atoms with E-state index in [9.17, 15) is 0 Å². The molecule has 19 aromatic rings. The van der Waals surface area contributed by atoms with Gasteiger partial charge in [0.05, 0.1) is 61.6 Å². The molecule has 0 fully saturated rings. The summed E-state index contributed by atoms with van der Waals surface area (Å²) in [5.41, 5.74) is 23.4. The Morgan fingerprint density at radius 1 is 0.196 bits per heavy atom. The Balaban J connectivity index is 0.827. The topological polar surface area (TPSA) is 50.3 Å². The van der Waals surface area contributed by atoms with Gasteiger partial charge < -0.3 is 28.4 Å². The van der Waals surface area contributed by atoms with Crippen LogP contribution in [0.25, 0.3) is 116 Å². The third-order valence-corrected chi connectivity index (χ3v) is 19.7. The highest BCUT2D eigenvalue weighted by atomic mass is 15.2. The summed E-state index contributed by atoms with van der Waals surface area (Å²) in [5, 5.41) is 6.95. The van der Waals surface area contributed by atoms with Crippen molar-refractivity contribution in [2.24, 2.45) is 0 Å². The maximum absolute atomic E-state index is 5.73. The first-order valence-corrected chi connectivity index (χ1v) is 34.6. The highest BCUT2D eigenvalue weighted by molar-refractivity contribution is 6.17. The molecule has 19 rings (SSSR count). The van der Waals surface area contributed by atoms with E-state index in [1.807, 2.05) is 0 Å². The number of para-hydroxylation sites is 12. The van der Waals surface area contributed by atoms with Crippen LogP contribution in [0, 0.1) is 0 Å². The van der Waals surface area contributed by atoms with Crippen LogP contribution in [0.15, 0.2) is 388 Å². The Morgan fingerprint density at radius 2 is 0.441 bits per heavy atom. The van der Waals surface area contributed by atoms with E-state index < -0.39 is 0 Å². The molecule has 0 N–H and O–H groups in total. The fourth-order valence-corrected chi connectivity index (χ4v) is 15.4. The first-order chi connectivity index (χ1) is 50.6.